The lowest BCUT2D eigenvalue weighted by Gasteiger charge is -2.19. The maximum atomic E-state index is 10.7. The Balaban J connectivity index is 1.22. The van der Waals surface area contributed by atoms with Gasteiger partial charge in [0.2, 0.25) is 0 Å². The number of hydrogen-bond acceptors (Lipinski definition) is 7. The predicted molar refractivity (Wildman–Crippen MR) is 126 cm³/mol. The second-order valence-electron chi connectivity index (χ2n) is 8.76. The highest BCUT2D eigenvalue weighted by molar-refractivity contribution is 5.89. The van der Waals surface area contributed by atoms with Crippen LogP contribution in [0.1, 0.15) is 30.0 Å². The number of aromatic nitrogens is 3. The summed E-state index contributed by atoms with van der Waals surface area (Å²) in [6.45, 7) is 5.43. The van der Waals surface area contributed by atoms with Crippen molar-refractivity contribution in [1.29, 1.82) is 0 Å². The minimum Gasteiger partial charge on any atom is -0.390 e. The number of hydrogen-bond donors (Lipinski definition) is 5. The molecule has 1 aromatic carbocycles. The van der Waals surface area contributed by atoms with Gasteiger partial charge in [0.25, 0.3) is 0 Å². The molecular formula is C24H34N6O2. The first-order valence-corrected chi connectivity index (χ1v) is 11.5. The number of aliphatic hydroxyl groups excluding tert-OH is 2. The third kappa shape index (κ3) is 4.94. The summed E-state index contributed by atoms with van der Waals surface area (Å²) in [6, 6.07) is 10.2. The van der Waals surface area contributed by atoms with Crippen LogP contribution in [0.25, 0.3) is 11.0 Å². The summed E-state index contributed by atoms with van der Waals surface area (Å²) in [5.41, 5.74) is 9.05. The molecule has 1 fully saturated rings. The van der Waals surface area contributed by atoms with Gasteiger partial charge >= 0.3 is 0 Å². The van der Waals surface area contributed by atoms with Gasteiger partial charge in [0.1, 0.15) is 23.9 Å². The summed E-state index contributed by atoms with van der Waals surface area (Å²) in [6.07, 6.45) is 4.51. The maximum absolute atomic E-state index is 10.7. The third-order valence-corrected chi connectivity index (χ3v) is 6.50. The SMILES string of the molecule is Cc1cn([C@@H]2C[C@H](CNCCCNCCc3ccccc3)[C@@H](O)[C@H]2O)c2ncnc(N)c12. The molecule has 1 aliphatic carbocycles. The smallest absolute Gasteiger partial charge is 0.146 e. The lowest BCUT2D eigenvalue weighted by Crippen LogP contribution is -2.34. The van der Waals surface area contributed by atoms with Gasteiger partial charge in [0, 0.05) is 18.7 Å². The van der Waals surface area contributed by atoms with Crippen LogP contribution in [0, 0.1) is 12.8 Å². The van der Waals surface area contributed by atoms with Crippen LogP contribution in [-0.4, -0.2) is 63.1 Å². The number of aliphatic hydroxyl groups is 2. The van der Waals surface area contributed by atoms with Crippen LogP contribution in [-0.2, 0) is 6.42 Å². The summed E-state index contributed by atoms with van der Waals surface area (Å²) in [5, 5.41) is 29.1. The van der Waals surface area contributed by atoms with E-state index in [0.717, 1.165) is 43.4 Å². The van der Waals surface area contributed by atoms with E-state index in [1.54, 1.807) is 0 Å². The van der Waals surface area contributed by atoms with Crippen molar-refractivity contribution in [2.24, 2.45) is 5.92 Å². The Morgan fingerprint density at radius 3 is 2.66 bits per heavy atom. The van der Waals surface area contributed by atoms with Gasteiger partial charge < -0.3 is 31.1 Å². The van der Waals surface area contributed by atoms with E-state index in [9.17, 15) is 10.2 Å². The fraction of sp³-hybridized carbons (Fsp3) is 0.500. The molecule has 0 aliphatic heterocycles. The Bertz CT molecular complexity index is 1010. The van der Waals surface area contributed by atoms with Crippen LogP contribution in [0.5, 0.6) is 0 Å². The molecule has 172 valence electrons. The first kappa shape index (κ1) is 22.7. The zero-order valence-electron chi connectivity index (χ0n) is 18.6. The van der Waals surface area contributed by atoms with Gasteiger partial charge in [-0.2, -0.15) is 0 Å². The lowest BCUT2D eigenvalue weighted by molar-refractivity contribution is 0.00693. The zero-order chi connectivity index (χ0) is 22.5. The Hall–Kier alpha value is -2.52. The van der Waals surface area contributed by atoms with E-state index < -0.39 is 12.2 Å². The third-order valence-electron chi connectivity index (χ3n) is 6.50. The summed E-state index contributed by atoms with van der Waals surface area (Å²) < 4.78 is 1.95. The first-order valence-electron chi connectivity index (χ1n) is 11.5. The summed E-state index contributed by atoms with van der Waals surface area (Å²) >= 11 is 0. The average Bonchev–Trinajstić information content (AvgIpc) is 3.28. The van der Waals surface area contributed by atoms with E-state index in [2.05, 4.69) is 44.9 Å². The molecule has 4 rings (SSSR count). The maximum Gasteiger partial charge on any atom is 0.146 e. The molecule has 1 aliphatic rings. The number of nitrogens with two attached hydrogens (primary N) is 1. The molecule has 8 heteroatoms. The van der Waals surface area contributed by atoms with E-state index in [-0.39, 0.29) is 12.0 Å². The lowest BCUT2D eigenvalue weighted by atomic mass is 10.1. The number of aryl methyl sites for hydroxylation is 1. The molecule has 3 aromatic rings. The number of anilines is 1. The highest BCUT2D eigenvalue weighted by Gasteiger charge is 2.42. The van der Waals surface area contributed by atoms with Gasteiger partial charge in [0.05, 0.1) is 17.5 Å². The zero-order valence-corrected chi connectivity index (χ0v) is 18.6. The molecule has 0 amide bonds. The molecule has 2 heterocycles. The average molecular weight is 439 g/mol. The number of rotatable bonds is 10. The molecule has 8 nitrogen and oxygen atoms in total. The second-order valence-corrected chi connectivity index (χ2v) is 8.76. The molecule has 0 bridgehead atoms. The van der Waals surface area contributed by atoms with Crippen molar-refractivity contribution >= 4 is 16.9 Å². The summed E-state index contributed by atoms with van der Waals surface area (Å²) in [4.78, 5) is 8.45. The van der Waals surface area contributed by atoms with Crippen molar-refractivity contribution in [3.8, 4) is 0 Å². The van der Waals surface area contributed by atoms with Crippen LogP contribution in [0.3, 0.4) is 0 Å². The Morgan fingerprint density at radius 1 is 1.06 bits per heavy atom. The molecule has 6 N–H and O–H groups in total. The second kappa shape index (κ2) is 10.4. The number of nitrogens with one attached hydrogen (secondary N) is 2. The van der Waals surface area contributed by atoms with Crippen LogP contribution >= 0.6 is 0 Å². The van der Waals surface area contributed by atoms with Crippen LogP contribution in [0.4, 0.5) is 5.82 Å². The molecule has 4 atom stereocenters. The van der Waals surface area contributed by atoms with Crippen molar-refractivity contribution in [3.05, 3.63) is 54.0 Å². The molecule has 32 heavy (non-hydrogen) atoms. The molecule has 0 saturated heterocycles. The standard InChI is InChI=1S/C24H34N6O2/c1-16-14-30(24-20(16)23(25)28-15-29-24)19-12-18(21(31)22(19)32)13-27-10-5-9-26-11-8-17-6-3-2-4-7-17/h2-4,6-7,14-15,18-19,21-22,26-27,31-32H,5,8-13H2,1H3,(H2,25,28,29)/t18-,19-,21-,22+/m1/s1. The minimum absolute atomic E-state index is 0.0158. The predicted octanol–water partition coefficient (Wildman–Crippen LogP) is 1.42. The van der Waals surface area contributed by atoms with Crippen molar-refractivity contribution < 1.29 is 10.2 Å². The normalized spacial score (nSPS) is 23.2. The number of nitrogens with zero attached hydrogens (tertiary/aromatic N) is 3. The van der Waals surface area contributed by atoms with Crippen LogP contribution < -0.4 is 16.4 Å². The van der Waals surface area contributed by atoms with Crippen molar-refractivity contribution in [3.63, 3.8) is 0 Å². The molecule has 2 aromatic heterocycles. The quantitative estimate of drug-likeness (QED) is 0.304. The highest BCUT2D eigenvalue weighted by atomic mass is 16.3. The first-order chi connectivity index (χ1) is 15.6. The van der Waals surface area contributed by atoms with Crippen LogP contribution in [0.2, 0.25) is 0 Å². The highest BCUT2D eigenvalue weighted by Crippen LogP contribution is 2.38. The largest absolute Gasteiger partial charge is 0.390 e. The van der Waals surface area contributed by atoms with Crippen molar-refractivity contribution in [1.82, 2.24) is 25.2 Å². The fourth-order valence-corrected chi connectivity index (χ4v) is 4.76. The number of benzene rings is 1. The van der Waals surface area contributed by atoms with Gasteiger partial charge in [-0.15, -0.1) is 0 Å². The van der Waals surface area contributed by atoms with E-state index in [4.69, 9.17) is 5.73 Å². The van der Waals surface area contributed by atoms with E-state index in [1.165, 1.54) is 11.9 Å². The summed E-state index contributed by atoms with van der Waals surface area (Å²) in [7, 11) is 0. The van der Waals surface area contributed by atoms with Gasteiger partial charge in [-0.05, 0) is 56.9 Å². The van der Waals surface area contributed by atoms with E-state index in [1.807, 2.05) is 23.8 Å². The van der Waals surface area contributed by atoms with Gasteiger partial charge in [-0.25, -0.2) is 9.97 Å². The van der Waals surface area contributed by atoms with Gasteiger partial charge in [0.15, 0.2) is 0 Å². The van der Waals surface area contributed by atoms with Crippen molar-refractivity contribution in [2.75, 3.05) is 31.9 Å². The van der Waals surface area contributed by atoms with Gasteiger partial charge in [-0.1, -0.05) is 30.3 Å². The van der Waals surface area contributed by atoms with E-state index >= 15 is 0 Å². The molecule has 0 unspecified atom stereocenters. The number of nitrogen functional groups attached to an aromatic ring is 1. The Kier molecular flexibility index (Phi) is 7.36. The minimum atomic E-state index is -0.840. The molecule has 0 spiro atoms. The topological polar surface area (TPSA) is 121 Å². The Labute approximate surface area is 188 Å². The molecule has 0 radical (unpaired) electrons. The fourth-order valence-electron chi connectivity index (χ4n) is 4.76. The van der Waals surface area contributed by atoms with Crippen LogP contribution in [0.15, 0.2) is 42.9 Å². The Morgan fingerprint density at radius 2 is 1.84 bits per heavy atom. The monoisotopic (exact) mass is 438 g/mol. The van der Waals surface area contributed by atoms with E-state index in [0.29, 0.717) is 24.4 Å². The molecular weight excluding hydrogens is 404 g/mol. The number of fused-ring (bicyclic) bond motifs is 1. The van der Waals surface area contributed by atoms with Crippen molar-refractivity contribution in [2.45, 2.75) is 44.4 Å². The molecule has 1 saturated carbocycles. The van der Waals surface area contributed by atoms with Gasteiger partial charge in [-0.3, -0.25) is 0 Å². The summed E-state index contributed by atoms with van der Waals surface area (Å²) in [5.74, 6) is 0.424.